The summed E-state index contributed by atoms with van der Waals surface area (Å²) in [4.78, 5) is 17.1. The first kappa shape index (κ1) is 19.9. The number of oxazole rings is 1. The number of rotatable bonds is 6. The fourth-order valence-corrected chi connectivity index (χ4v) is 5.41. The Kier molecular flexibility index (Phi) is 5.62. The molecule has 0 aliphatic carbocycles. The lowest BCUT2D eigenvalue weighted by Gasteiger charge is -2.16. The molecule has 1 aliphatic heterocycles. The number of amides is 1. The second-order valence-corrected chi connectivity index (χ2v) is 10.1. The maximum absolute atomic E-state index is 12.6. The van der Waals surface area contributed by atoms with E-state index < -0.39 is 15.3 Å². The number of hydrogen-bond acceptors (Lipinski definition) is 6. The van der Waals surface area contributed by atoms with Gasteiger partial charge >= 0.3 is 0 Å². The van der Waals surface area contributed by atoms with Crippen LogP contribution in [0.25, 0.3) is 11.1 Å². The first-order valence-electron chi connectivity index (χ1n) is 9.37. The van der Waals surface area contributed by atoms with E-state index in [9.17, 15) is 13.2 Å². The average molecular weight is 432 g/mol. The summed E-state index contributed by atoms with van der Waals surface area (Å²) in [5, 5.41) is 2.80. The van der Waals surface area contributed by atoms with Gasteiger partial charge in [-0.05, 0) is 56.2 Å². The van der Waals surface area contributed by atoms with Gasteiger partial charge in [-0.2, -0.15) is 4.31 Å². The van der Waals surface area contributed by atoms with Gasteiger partial charge in [-0.1, -0.05) is 23.9 Å². The highest BCUT2D eigenvalue weighted by atomic mass is 32.2. The summed E-state index contributed by atoms with van der Waals surface area (Å²) in [6.07, 6.45) is 1.78. The molecule has 1 unspecified atom stereocenters. The number of carbonyl (C=O) groups excluding carboxylic acids is 1. The highest BCUT2D eigenvalue weighted by Gasteiger charge is 2.27. The Morgan fingerprint density at radius 3 is 2.52 bits per heavy atom. The summed E-state index contributed by atoms with van der Waals surface area (Å²) in [6.45, 7) is 2.89. The minimum Gasteiger partial charge on any atom is -0.431 e. The molecule has 2 heterocycles. The summed E-state index contributed by atoms with van der Waals surface area (Å²) in [7, 11) is -3.46. The van der Waals surface area contributed by atoms with Crippen LogP contribution in [0, 0.1) is 0 Å². The number of nitrogens with one attached hydrogen (secondary N) is 1. The highest BCUT2D eigenvalue weighted by molar-refractivity contribution is 8.00. The largest absolute Gasteiger partial charge is 0.431 e. The third-order valence-corrected chi connectivity index (χ3v) is 7.60. The van der Waals surface area contributed by atoms with Crippen LogP contribution in [0.5, 0.6) is 0 Å². The first-order valence-corrected chi connectivity index (χ1v) is 11.7. The topological polar surface area (TPSA) is 92.5 Å². The maximum Gasteiger partial charge on any atom is 0.257 e. The molecule has 0 bridgehead atoms. The molecule has 0 radical (unpaired) electrons. The van der Waals surface area contributed by atoms with Crippen molar-refractivity contribution in [1.29, 1.82) is 0 Å². The van der Waals surface area contributed by atoms with E-state index in [1.54, 1.807) is 19.1 Å². The average Bonchev–Trinajstić information content (AvgIpc) is 3.38. The normalized spacial score (nSPS) is 16.2. The van der Waals surface area contributed by atoms with Gasteiger partial charge in [0.25, 0.3) is 5.22 Å². The molecule has 1 amide bonds. The van der Waals surface area contributed by atoms with Crippen LogP contribution in [-0.2, 0) is 14.8 Å². The third kappa shape index (κ3) is 4.31. The van der Waals surface area contributed by atoms with Crippen LogP contribution in [0.4, 0.5) is 5.69 Å². The quantitative estimate of drug-likeness (QED) is 0.598. The Balaban J connectivity index is 1.39. The number of hydrogen-bond donors (Lipinski definition) is 1. The molecule has 3 aromatic rings. The van der Waals surface area contributed by atoms with Crippen molar-refractivity contribution in [3.8, 4) is 0 Å². The van der Waals surface area contributed by atoms with Gasteiger partial charge in [0.1, 0.15) is 5.52 Å². The lowest BCUT2D eigenvalue weighted by molar-refractivity contribution is -0.115. The van der Waals surface area contributed by atoms with Gasteiger partial charge in [0, 0.05) is 18.8 Å². The number of carbonyl (C=O) groups is 1. The predicted molar refractivity (Wildman–Crippen MR) is 112 cm³/mol. The predicted octanol–water partition coefficient (Wildman–Crippen LogP) is 3.73. The molecule has 152 valence electrons. The van der Waals surface area contributed by atoms with Crippen molar-refractivity contribution in [2.45, 2.75) is 35.1 Å². The van der Waals surface area contributed by atoms with Crippen molar-refractivity contribution < 1.29 is 17.6 Å². The molecule has 9 heteroatoms. The number of anilines is 1. The van der Waals surface area contributed by atoms with Crippen LogP contribution >= 0.6 is 11.8 Å². The van der Waals surface area contributed by atoms with Crippen molar-refractivity contribution in [3.05, 3.63) is 48.5 Å². The lowest BCUT2D eigenvalue weighted by Crippen LogP contribution is -2.27. The standard InChI is InChI=1S/C20H21N3O4S2/c1-14(28-20-22-17-6-2-3-7-18(17)27-20)19(24)21-15-8-10-16(11-9-15)29(25,26)23-12-4-5-13-23/h2-3,6-11,14H,4-5,12-13H2,1H3,(H,21,24). The number of fused-ring (bicyclic) bond motifs is 1. The van der Waals surface area contributed by atoms with Gasteiger partial charge in [-0.15, -0.1) is 0 Å². The van der Waals surface area contributed by atoms with Crippen LogP contribution in [0.1, 0.15) is 19.8 Å². The van der Waals surface area contributed by atoms with Crippen LogP contribution < -0.4 is 5.32 Å². The summed E-state index contributed by atoms with van der Waals surface area (Å²) >= 11 is 1.23. The van der Waals surface area contributed by atoms with E-state index in [0.717, 1.165) is 18.4 Å². The van der Waals surface area contributed by atoms with E-state index in [1.165, 1.54) is 28.2 Å². The molecule has 1 N–H and O–H groups in total. The Hall–Kier alpha value is -2.36. The van der Waals surface area contributed by atoms with E-state index in [-0.39, 0.29) is 10.8 Å². The van der Waals surface area contributed by atoms with E-state index in [1.807, 2.05) is 24.3 Å². The second kappa shape index (κ2) is 8.17. The molecule has 7 nitrogen and oxygen atoms in total. The molecular formula is C20H21N3O4S2. The van der Waals surface area contributed by atoms with Gasteiger partial charge in [0.2, 0.25) is 15.9 Å². The zero-order chi connectivity index (χ0) is 20.4. The minimum absolute atomic E-state index is 0.215. The molecule has 1 aromatic heterocycles. The smallest absolute Gasteiger partial charge is 0.257 e. The van der Waals surface area contributed by atoms with Gasteiger partial charge < -0.3 is 9.73 Å². The molecule has 0 saturated carbocycles. The van der Waals surface area contributed by atoms with E-state index >= 15 is 0 Å². The molecular weight excluding hydrogens is 410 g/mol. The summed E-state index contributed by atoms with van der Waals surface area (Å²) < 4.78 is 32.3. The molecule has 1 fully saturated rings. The molecule has 0 spiro atoms. The summed E-state index contributed by atoms with van der Waals surface area (Å²) in [5.74, 6) is -0.215. The van der Waals surface area contributed by atoms with Crippen LogP contribution in [0.3, 0.4) is 0 Å². The van der Waals surface area contributed by atoms with Crippen LogP contribution in [0.15, 0.2) is 63.1 Å². The number of nitrogens with zero attached hydrogens (tertiary/aromatic N) is 2. The zero-order valence-corrected chi connectivity index (χ0v) is 17.5. The van der Waals surface area contributed by atoms with Crippen molar-refractivity contribution in [2.75, 3.05) is 18.4 Å². The summed E-state index contributed by atoms with van der Waals surface area (Å²) in [6, 6.07) is 13.7. The molecule has 4 rings (SSSR count). The summed E-state index contributed by atoms with van der Waals surface area (Å²) in [5.41, 5.74) is 1.97. The molecule has 1 atom stereocenters. The molecule has 2 aromatic carbocycles. The molecule has 1 saturated heterocycles. The lowest BCUT2D eigenvalue weighted by atomic mass is 10.3. The molecule has 29 heavy (non-hydrogen) atoms. The fourth-order valence-electron chi connectivity index (χ4n) is 3.14. The first-order chi connectivity index (χ1) is 13.9. The number of aromatic nitrogens is 1. The van der Waals surface area contributed by atoms with Crippen LogP contribution in [-0.4, -0.2) is 42.0 Å². The van der Waals surface area contributed by atoms with Gasteiger partial charge in [0.15, 0.2) is 5.58 Å². The van der Waals surface area contributed by atoms with Crippen molar-refractivity contribution >= 4 is 44.5 Å². The Labute approximate surface area is 173 Å². The van der Waals surface area contributed by atoms with Crippen molar-refractivity contribution in [3.63, 3.8) is 0 Å². The van der Waals surface area contributed by atoms with Crippen LogP contribution in [0.2, 0.25) is 0 Å². The Morgan fingerprint density at radius 2 is 1.83 bits per heavy atom. The SMILES string of the molecule is CC(Sc1nc2ccccc2o1)C(=O)Nc1ccc(S(=O)(=O)N2CCCC2)cc1. The minimum atomic E-state index is -3.46. The van der Waals surface area contributed by atoms with Gasteiger partial charge in [-0.3, -0.25) is 4.79 Å². The van der Waals surface area contributed by atoms with Gasteiger partial charge in [-0.25, -0.2) is 13.4 Å². The molecule has 1 aliphatic rings. The number of para-hydroxylation sites is 2. The van der Waals surface area contributed by atoms with Gasteiger partial charge in [0.05, 0.1) is 10.1 Å². The second-order valence-electron chi connectivity index (χ2n) is 6.83. The number of benzene rings is 2. The zero-order valence-electron chi connectivity index (χ0n) is 15.9. The van der Waals surface area contributed by atoms with E-state index in [4.69, 9.17) is 4.42 Å². The van der Waals surface area contributed by atoms with E-state index in [2.05, 4.69) is 10.3 Å². The third-order valence-electron chi connectivity index (χ3n) is 4.75. The highest BCUT2D eigenvalue weighted by Crippen LogP contribution is 2.27. The maximum atomic E-state index is 12.6. The number of thioether (sulfide) groups is 1. The number of sulfonamides is 1. The van der Waals surface area contributed by atoms with Crippen molar-refractivity contribution in [2.24, 2.45) is 0 Å². The van der Waals surface area contributed by atoms with Crippen molar-refractivity contribution in [1.82, 2.24) is 9.29 Å². The monoisotopic (exact) mass is 431 g/mol. The fraction of sp³-hybridized carbons (Fsp3) is 0.300. The Bertz CT molecular complexity index is 1090. The Morgan fingerprint density at radius 1 is 1.14 bits per heavy atom. The van der Waals surface area contributed by atoms with E-state index in [0.29, 0.717) is 29.6 Å².